The van der Waals surface area contributed by atoms with E-state index in [1.807, 2.05) is 0 Å². The van der Waals surface area contributed by atoms with Gasteiger partial charge >= 0.3 is 5.97 Å². The summed E-state index contributed by atoms with van der Waals surface area (Å²) in [6, 6.07) is 1.04. The molecule has 0 saturated heterocycles. The molecule has 0 atom stereocenters. The summed E-state index contributed by atoms with van der Waals surface area (Å²) in [5.41, 5.74) is -0.104. The van der Waals surface area contributed by atoms with Gasteiger partial charge in [0.1, 0.15) is 6.54 Å². The van der Waals surface area contributed by atoms with Gasteiger partial charge in [0, 0.05) is 12.2 Å². The van der Waals surface area contributed by atoms with Gasteiger partial charge in [0.25, 0.3) is 5.91 Å². The highest BCUT2D eigenvalue weighted by Crippen LogP contribution is 2.11. The van der Waals surface area contributed by atoms with Crippen molar-refractivity contribution < 1.29 is 18.7 Å². The molecule has 1 heterocycles. The first kappa shape index (κ1) is 15.1. The molecule has 0 aliphatic carbocycles. The van der Waals surface area contributed by atoms with Crippen molar-refractivity contribution in [3.63, 3.8) is 0 Å². The van der Waals surface area contributed by atoms with E-state index in [2.05, 4.69) is 4.98 Å². The van der Waals surface area contributed by atoms with Gasteiger partial charge in [-0.2, -0.15) is 0 Å². The highest BCUT2D eigenvalue weighted by molar-refractivity contribution is 5.96. The number of amides is 1. The van der Waals surface area contributed by atoms with E-state index in [9.17, 15) is 14.0 Å². The van der Waals surface area contributed by atoms with Gasteiger partial charge in [-0.05, 0) is 26.8 Å². The molecule has 6 heteroatoms. The number of hydrogen-bond acceptors (Lipinski definition) is 4. The van der Waals surface area contributed by atoms with Crippen LogP contribution in [0.25, 0.3) is 0 Å². The van der Waals surface area contributed by atoms with Crippen LogP contribution in [0.3, 0.4) is 0 Å². The molecule has 1 rings (SSSR count). The lowest BCUT2D eigenvalue weighted by atomic mass is 10.2. The Hall–Kier alpha value is -1.98. The molecule has 0 aliphatic heterocycles. The second-order valence-corrected chi connectivity index (χ2v) is 4.19. The average molecular weight is 268 g/mol. The molecule has 104 valence electrons. The molecule has 0 N–H and O–H groups in total. The minimum absolute atomic E-state index is 0.104. The Kier molecular flexibility index (Phi) is 5.41. The number of halogens is 1. The quantitative estimate of drug-likeness (QED) is 0.762. The zero-order valence-electron chi connectivity index (χ0n) is 11.2. The molecule has 1 aromatic rings. The summed E-state index contributed by atoms with van der Waals surface area (Å²) in [5, 5.41) is 0. The molecule has 0 fully saturated rings. The van der Waals surface area contributed by atoms with Gasteiger partial charge < -0.3 is 9.64 Å². The molecule has 0 spiro atoms. The lowest BCUT2D eigenvalue weighted by Crippen LogP contribution is -2.41. The van der Waals surface area contributed by atoms with E-state index < -0.39 is 17.7 Å². The average Bonchev–Trinajstić information content (AvgIpc) is 2.36. The van der Waals surface area contributed by atoms with Gasteiger partial charge in [0.05, 0.1) is 18.4 Å². The highest BCUT2D eigenvalue weighted by Gasteiger charge is 2.24. The first-order valence-electron chi connectivity index (χ1n) is 6.03. The summed E-state index contributed by atoms with van der Waals surface area (Å²) in [6.45, 7) is 5.21. The molecule has 19 heavy (non-hydrogen) atoms. The van der Waals surface area contributed by atoms with E-state index in [0.29, 0.717) is 0 Å². The summed E-state index contributed by atoms with van der Waals surface area (Å²) in [7, 11) is 0. The van der Waals surface area contributed by atoms with Crippen molar-refractivity contribution in [3.8, 4) is 0 Å². The monoisotopic (exact) mass is 268 g/mol. The number of hydrogen-bond donors (Lipinski definition) is 0. The Labute approximate surface area is 111 Å². The van der Waals surface area contributed by atoms with Crippen molar-refractivity contribution in [1.82, 2.24) is 9.88 Å². The predicted molar refractivity (Wildman–Crippen MR) is 67.0 cm³/mol. The highest BCUT2D eigenvalue weighted by atomic mass is 19.1. The maximum absolute atomic E-state index is 13.5. The summed E-state index contributed by atoms with van der Waals surface area (Å²) in [5.74, 6) is -1.77. The number of pyridine rings is 1. The summed E-state index contributed by atoms with van der Waals surface area (Å²) >= 11 is 0. The van der Waals surface area contributed by atoms with Crippen molar-refractivity contribution in [2.24, 2.45) is 0 Å². The third-order valence-electron chi connectivity index (χ3n) is 2.49. The Morgan fingerprint density at radius 3 is 2.68 bits per heavy atom. The Morgan fingerprint density at radius 2 is 2.16 bits per heavy atom. The minimum atomic E-state index is -0.706. The maximum atomic E-state index is 13.5. The van der Waals surface area contributed by atoms with Gasteiger partial charge in [0.15, 0.2) is 5.82 Å². The van der Waals surface area contributed by atoms with Crippen LogP contribution in [0.4, 0.5) is 4.39 Å². The zero-order valence-corrected chi connectivity index (χ0v) is 11.2. The van der Waals surface area contributed by atoms with E-state index >= 15 is 0 Å². The fourth-order valence-corrected chi connectivity index (χ4v) is 1.54. The second-order valence-electron chi connectivity index (χ2n) is 4.19. The van der Waals surface area contributed by atoms with Crippen molar-refractivity contribution in [2.45, 2.75) is 26.8 Å². The Morgan fingerprint density at radius 1 is 1.47 bits per heavy atom. The first-order chi connectivity index (χ1) is 8.97. The van der Waals surface area contributed by atoms with Crippen LogP contribution in [0.5, 0.6) is 0 Å². The SMILES string of the molecule is CCOC(=O)CN(C(=O)c1ccncc1F)C(C)C. The molecule has 0 unspecified atom stereocenters. The molecule has 0 bridgehead atoms. The molecule has 5 nitrogen and oxygen atoms in total. The minimum Gasteiger partial charge on any atom is -0.465 e. The Bertz CT molecular complexity index is 463. The Balaban J connectivity index is 2.91. The summed E-state index contributed by atoms with van der Waals surface area (Å²) in [6.07, 6.45) is 2.30. The third-order valence-corrected chi connectivity index (χ3v) is 2.49. The van der Waals surface area contributed by atoms with Crippen molar-refractivity contribution >= 4 is 11.9 Å². The van der Waals surface area contributed by atoms with Gasteiger partial charge in [-0.1, -0.05) is 0 Å². The van der Waals surface area contributed by atoms with Crippen LogP contribution in [0.1, 0.15) is 31.1 Å². The first-order valence-corrected chi connectivity index (χ1v) is 6.03. The van der Waals surface area contributed by atoms with Gasteiger partial charge in [-0.25, -0.2) is 4.39 Å². The molecular formula is C13H17FN2O3. The van der Waals surface area contributed by atoms with Crippen LogP contribution in [0.15, 0.2) is 18.5 Å². The number of aromatic nitrogens is 1. The molecular weight excluding hydrogens is 251 g/mol. The zero-order chi connectivity index (χ0) is 14.4. The van der Waals surface area contributed by atoms with Crippen LogP contribution < -0.4 is 0 Å². The van der Waals surface area contributed by atoms with E-state index in [1.165, 1.54) is 17.2 Å². The molecule has 0 saturated carbocycles. The normalized spacial score (nSPS) is 10.4. The number of carbonyl (C=O) groups is 2. The van der Waals surface area contributed by atoms with E-state index in [0.717, 1.165) is 6.20 Å². The third kappa shape index (κ3) is 4.01. The number of carbonyl (C=O) groups excluding carboxylic acids is 2. The van der Waals surface area contributed by atoms with Crippen molar-refractivity contribution in [1.29, 1.82) is 0 Å². The van der Waals surface area contributed by atoms with Crippen molar-refractivity contribution in [3.05, 3.63) is 29.8 Å². The lowest BCUT2D eigenvalue weighted by molar-refractivity contribution is -0.144. The van der Waals surface area contributed by atoms with Crippen LogP contribution in [0.2, 0.25) is 0 Å². The van der Waals surface area contributed by atoms with Gasteiger partial charge in [-0.3, -0.25) is 14.6 Å². The summed E-state index contributed by atoms with van der Waals surface area (Å²) < 4.78 is 18.3. The van der Waals surface area contributed by atoms with Crippen molar-refractivity contribution in [2.75, 3.05) is 13.2 Å². The molecule has 1 aromatic heterocycles. The maximum Gasteiger partial charge on any atom is 0.325 e. The number of ether oxygens (including phenoxy) is 1. The van der Waals surface area contributed by atoms with E-state index in [4.69, 9.17) is 4.74 Å². The second kappa shape index (κ2) is 6.82. The molecule has 0 radical (unpaired) electrons. The lowest BCUT2D eigenvalue weighted by Gasteiger charge is -2.25. The largest absolute Gasteiger partial charge is 0.465 e. The van der Waals surface area contributed by atoms with Gasteiger partial charge in [-0.15, -0.1) is 0 Å². The smallest absolute Gasteiger partial charge is 0.325 e. The standard InChI is InChI=1S/C13H17FN2O3/c1-4-19-12(17)8-16(9(2)3)13(18)10-5-6-15-7-11(10)14/h5-7,9H,4,8H2,1-3H3. The number of rotatable bonds is 5. The van der Waals surface area contributed by atoms with Crippen LogP contribution >= 0.6 is 0 Å². The van der Waals surface area contributed by atoms with Crippen LogP contribution in [-0.2, 0) is 9.53 Å². The van der Waals surface area contributed by atoms with E-state index in [1.54, 1.807) is 20.8 Å². The van der Waals surface area contributed by atoms with E-state index in [-0.39, 0.29) is 24.8 Å². The molecule has 0 aromatic carbocycles. The fraction of sp³-hybridized carbons (Fsp3) is 0.462. The predicted octanol–water partition coefficient (Wildman–Crippen LogP) is 1.63. The number of nitrogens with zero attached hydrogens (tertiary/aromatic N) is 2. The van der Waals surface area contributed by atoms with Crippen LogP contribution in [-0.4, -0.2) is 41.0 Å². The topological polar surface area (TPSA) is 59.5 Å². The van der Waals surface area contributed by atoms with Crippen LogP contribution in [0, 0.1) is 5.82 Å². The number of esters is 1. The molecule has 1 amide bonds. The fourth-order valence-electron chi connectivity index (χ4n) is 1.54. The summed E-state index contributed by atoms with van der Waals surface area (Å²) in [4.78, 5) is 28.5. The molecule has 0 aliphatic rings. The van der Waals surface area contributed by atoms with Gasteiger partial charge in [0.2, 0.25) is 0 Å².